The molecule has 2 aliphatic rings. The fraction of sp³-hybridized carbons (Fsp3) is 0.500. The highest BCUT2D eigenvalue weighted by molar-refractivity contribution is 5.65. The van der Waals surface area contributed by atoms with Crippen LogP contribution in [0.3, 0.4) is 0 Å². The molecule has 0 radical (unpaired) electrons. The van der Waals surface area contributed by atoms with Crippen LogP contribution in [0.4, 0.5) is 0 Å². The van der Waals surface area contributed by atoms with Crippen molar-refractivity contribution in [2.45, 2.75) is 37.6 Å². The molecule has 4 nitrogen and oxygen atoms in total. The van der Waals surface area contributed by atoms with E-state index in [0.29, 0.717) is 17.9 Å². The van der Waals surface area contributed by atoms with Gasteiger partial charge < -0.3 is 5.73 Å². The van der Waals surface area contributed by atoms with Crippen LogP contribution in [0.25, 0.3) is 11.1 Å². The van der Waals surface area contributed by atoms with Crippen LogP contribution in [-0.2, 0) is 0 Å². The molecule has 0 bridgehead atoms. The Morgan fingerprint density at radius 1 is 1.30 bits per heavy atom. The quantitative estimate of drug-likeness (QED) is 0.927. The van der Waals surface area contributed by atoms with Crippen LogP contribution >= 0.6 is 0 Å². The lowest BCUT2D eigenvalue weighted by Gasteiger charge is -2.34. The molecule has 0 spiro atoms. The van der Waals surface area contributed by atoms with Gasteiger partial charge in [0.1, 0.15) is 0 Å². The third-order valence-corrected chi connectivity index (χ3v) is 4.62. The number of pyridine rings is 1. The average molecular weight is 268 g/mol. The van der Waals surface area contributed by atoms with Crippen molar-refractivity contribution in [3.63, 3.8) is 0 Å². The lowest BCUT2D eigenvalue weighted by Crippen LogP contribution is -2.32. The Hall–Kier alpha value is -1.68. The van der Waals surface area contributed by atoms with Crippen LogP contribution in [0.15, 0.2) is 30.7 Å². The molecule has 0 amide bonds. The van der Waals surface area contributed by atoms with Crippen LogP contribution in [-0.4, -0.2) is 21.3 Å². The summed E-state index contributed by atoms with van der Waals surface area (Å²) in [7, 11) is 0. The maximum Gasteiger partial charge on any atom is 0.0734 e. The van der Waals surface area contributed by atoms with Crippen molar-refractivity contribution >= 4 is 0 Å². The van der Waals surface area contributed by atoms with Gasteiger partial charge in [0.25, 0.3) is 0 Å². The molecule has 2 aliphatic carbocycles. The number of hydrogen-bond acceptors (Lipinski definition) is 3. The topological polar surface area (TPSA) is 56.7 Å². The molecule has 0 aromatic carbocycles. The van der Waals surface area contributed by atoms with Gasteiger partial charge in [0.05, 0.1) is 11.7 Å². The Bertz CT molecular complexity index is 594. The second-order valence-corrected chi connectivity index (χ2v) is 6.15. The van der Waals surface area contributed by atoms with Gasteiger partial charge in [-0.15, -0.1) is 0 Å². The van der Waals surface area contributed by atoms with E-state index in [1.54, 1.807) is 0 Å². The van der Waals surface area contributed by atoms with Crippen molar-refractivity contribution in [1.82, 2.24) is 14.8 Å². The van der Waals surface area contributed by atoms with Crippen molar-refractivity contribution in [2.24, 2.45) is 11.7 Å². The van der Waals surface area contributed by atoms with Crippen molar-refractivity contribution in [3.8, 4) is 11.1 Å². The molecule has 20 heavy (non-hydrogen) atoms. The maximum atomic E-state index is 5.72. The zero-order valence-electron chi connectivity index (χ0n) is 11.6. The van der Waals surface area contributed by atoms with Gasteiger partial charge in [-0.3, -0.25) is 9.67 Å². The summed E-state index contributed by atoms with van der Waals surface area (Å²) >= 11 is 0. The molecule has 2 fully saturated rings. The minimum atomic E-state index is 0.548. The highest BCUT2D eigenvalue weighted by atomic mass is 15.3. The smallest absolute Gasteiger partial charge is 0.0734 e. The lowest BCUT2D eigenvalue weighted by atomic mass is 9.80. The number of rotatable bonds is 4. The Kier molecular flexibility index (Phi) is 2.84. The van der Waals surface area contributed by atoms with Gasteiger partial charge in [-0.25, -0.2) is 0 Å². The van der Waals surface area contributed by atoms with E-state index in [0.717, 1.165) is 6.54 Å². The normalized spacial score (nSPS) is 25.4. The summed E-state index contributed by atoms with van der Waals surface area (Å²) in [4.78, 5) is 4.24. The van der Waals surface area contributed by atoms with Crippen LogP contribution in [0, 0.1) is 5.92 Å². The summed E-state index contributed by atoms with van der Waals surface area (Å²) in [6, 6.07) is 4.67. The fourth-order valence-electron chi connectivity index (χ4n) is 3.10. The highest BCUT2D eigenvalue weighted by Crippen LogP contribution is 2.45. The monoisotopic (exact) mass is 268 g/mol. The number of aromatic nitrogens is 3. The van der Waals surface area contributed by atoms with Gasteiger partial charge in [-0.05, 0) is 44.2 Å². The molecule has 0 atom stereocenters. The van der Waals surface area contributed by atoms with E-state index < -0.39 is 0 Å². The van der Waals surface area contributed by atoms with Gasteiger partial charge in [-0.1, -0.05) is 6.07 Å². The molecule has 4 heteroatoms. The summed E-state index contributed by atoms with van der Waals surface area (Å²) < 4.78 is 2.18. The van der Waals surface area contributed by atoms with Crippen molar-refractivity contribution in [3.05, 3.63) is 36.4 Å². The molecular weight excluding hydrogens is 248 g/mol. The van der Waals surface area contributed by atoms with Gasteiger partial charge in [0, 0.05) is 35.6 Å². The van der Waals surface area contributed by atoms with Gasteiger partial charge in [-0.2, -0.15) is 5.10 Å². The van der Waals surface area contributed by atoms with Crippen LogP contribution in [0.2, 0.25) is 0 Å². The van der Waals surface area contributed by atoms with E-state index in [4.69, 9.17) is 10.8 Å². The Morgan fingerprint density at radius 3 is 2.80 bits per heavy atom. The molecule has 2 heterocycles. The second-order valence-electron chi connectivity index (χ2n) is 6.15. The SMILES string of the molecule is NCC1CC(n2cc(-c3cccnc3)c(C3CC3)n2)C1. The fourth-order valence-corrected chi connectivity index (χ4v) is 3.10. The predicted molar refractivity (Wildman–Crippen MR) is 78.2 cm³/mol. The summed E-state index contributed by atoms with van der Waals surface area (Å²) in [5.41, 5.74) is 9.46. The first-order valence-corrected chi connectivity index (χ1v) is 7.54. The molecule has 0 saturated heterocycles. The van der Waals surface area contributed by atoms with Gasteiger partial charge in [0.15, 0.2) is 0 Å². The van der Waals surface area contributed by atoms with Gasteiger partial charge in [0.2, 0.25) is 0 Å². The molecule has 2 aromatic rings. The third kappa shape index (κ3) is 2.04. The van der Waals surface area contributed by atoms with E-state index in [1.165, 1.54) is 42.5 Å². The van der Waals surface area contributed by atoms with Crippen molar-refractivity contribution in [2.75, 3.05) is 6.54 Å². The summed E-state index contributed by atoms with van der Waals surface area (Å²) in [6.45, 7) is 0.808. The Morgan fingerprint density at radius 2 is 2.15 bits per heavy atom. The van der Waals surface area contributed by atoms with Crippen LogP contribution in [0.5, 0.6) is 0 Å². The minimum Gasteiger partial charge on any atom is -0.330 e. The first-order valence-electron chi connectivity index (χ1n) is 7.54. The van der Waals surface area contributed by atoms with Crippen LogP contribution in [0.1, 0.15) is 43.3 Å². The van der Waals surface area contributed by atoms with Crippen molar-refractivity contribution < 1.29 is 0 Å². The molecule has 104 valence electrons. The predicted octanol–water partition coefficient (Wildman–Crippen LogP) is 2.73. The van der Waals surface area contributed by atoms with E-state index in [1.807, 2.05) is 18.5 Å². The minimum absolute atomic E-state index is 0.548. The molecule has 0 aliphatic heterocycles. The number of nitrogens with zero attached hydrogens (tertiary/aromatic N) is 3. The summed E-state index contributed by atoms with van der Waals surface area (Å²) in [5.74, 6) is 1.35. The molecular formula is C16H20N4. The highest BCUT2D eigenvalue weighted by Gasteiger charge is 2.34. The van der Waals surface area contributed by atoms with E-state index in [-0.39, 0.29) is 0 Å². The standard InChI is InChI=1S/C16H20N4/c17-8-11-6-14(7-11)20-10-15(13-2-1-5-18-9-13)16(19-20)12-3-4-12/h1-2,5,9-12,14H,3-4,6-8,17H2. The average Bonchev–Trinajstić information content (AvgIpc) is 3.19. The maximum absolute atomic E-state index is 5.72. The molecule has 2 saturated carbocycles. The zero-order chi connectivity index (χ0) is 13.5. The number of nitrogens with two attached hydrogens (primary N) is 1. The second kappa shape index (κ2) is 4.70. The molecule has 2 N–H and O–H groups in total. The number of hydrogen-bond donors (Lipinski definition) is 1. The first-order chi connectivity index (χ1) is 9.85. The third-order valence-electron chi connectivity index (χ3n) is 4.62. The van der Waals surface area contributed by atoms with E-state index in [2.05, 4.69) is 21.9 Å². The largest absolute Gasteiger partial charge is 0.330 e. The Balaban J connectivity index is 1.66. The van der Waals surface area contributed by atoms with Crippen molar-refractivity contribution in [1.29, 1.82) is 0 Å². The van der Waals surface area contributed by atoms with Gasteiger partial charge >= 0.3 is 0 Å². The van der Waals surface area contributed by atoms with E-state index >= 15 is 0 Å². The zero-order valence-corrected chi connectivity index (χ0v) is 11.6. The Labute approximate surface area is 119 Å². The lowest BCUT2D eigenvalue weighted by molar-refractivity contribution is 0.189. The summed E-state index contributed by atoms with van der Waals surface area (Å²) in [6.07, 6.45) is 10.9. The van der Waals surface area contributed by atoms with E-state index in [9.17, 15) is 0 Å². The molecule has 0 unspecified atom stereocenters. The van der Waals surface area contributed by atoms with Crippen LogP contribution < -0.4 is 5.73 Å². The molecule has 2 aromatic heterocycles. The first kappa shape index (κ1) is 12.1. The summed E-state index contributed by atoms with van der Waals surface area (Å²) in [5, 5.41) is 4.89. The molecule has 4 rings (SSSR count).